The number of thioether (sulfide) groups is 1. The molecule has 8 nitrogen and oxygen atoms in total. The topological polar surface area (TPSA) is 85.4 Å². The van der Waals surface area contributed by atoms with Crippen molar-refractivity contribution in [2.75, 3.05) is 32.9 Å². The Morgan fingerprint density at radius 2 is 1.74 bits per heavy atom. The molecule has 10 heteroatoms. The van der Waals surface area contributed by atoms with Crippen LogP contribution in [0.15, 0.2) is 53.4 Å². The average molecular weight is 571 g/mol. The van der Waals surface area contributed by atoms with Gasteiger partial charge in [-0.25, -0.2) is 4.79 Å². The molecule has 1 atom stereocenters. The van der Waals surface area contributed by atoms with Gasteiger partial charge in [-0.1, -0.05) is 67.3 Å². The molecule has 0 N–H and O–H groups in total. The lowest BCUT2D eigenvalue weighted by molar-refractivity contribution is -0.151. The van der Waals surface area contributed by atoms with Crippen molar-refractivity contribution in [1.82, 2.24) is 9.80 Å². The first-order valence-electron chi connectivity index (χ1n) is 13.0. The van der Waals surface area contributed by atoms with E-state index in [1.165, 1.54) is 4.90 Å². The SMILES string of the molecule is CCCOC(=O)C(c1ccccc1)N1C(=O)/C(=C\c2ccc(OCC(=O)N(CC)CC)c(OCC)c2)SC1=S. The van der Waals surface area contributed by atoms with Crippen molar-refractivity contribution in [3.63, 3.8) is 0 Å². The van der Waals surface area contributed by atoms with E-state index in [1.54, 1.807) is 53.4 Å². The Morgan fingerprint density at radius 1 is 1.03 bits per heavy atom. The van der Waals surface area contributed by atoms with E-state index in [1.807, 2.05) is 33.8 Å². The van der Waals surface area contributed by atoms with Crippen molar-refractivity contribution >= 4 is 52.2 Å². The molecule has 3 rings (SSSR count). The Kier molecular flexibility index (Phi) is 11.4. The number of hydrogen-bond acceptors (Lipinski definition) is 8. The second-order valence-electron chi connectivity index (χ2n) is 8.53. The summed E-state index contributed by atoms with van der Waals surface area (Å²) in [5.41, 5.74) is 1.31. The van der Waals surface area contributed by atoms with Gasteiger partial charge in [-0.3, -0.25) is 14.5 Å². The van der Waals surface area contributed by atoms with Gasteiger partial charge in [0.15, 0.2) is 24.1 Å². The molecular formula is C29H34N2O6S2. The fourth-order valence-electron chi connectivity index (χ4n) is 3.97. The van der Waals surface area contributed by atoms with E-state index in [4.69, 9.17) is 26.4 Å². The summed E-state index contributed by atoms with van der Waals surface area (Å²) in [6.45, 7) is 9.35. The smallest absolute Gasteiger partial charge is 0.333 e. The first kappa shape index (κ1) is 30.2. The molecule has 1 unspecified atom stereocenters. The summed E-state index contributed by atoms with van der Waals surface area (Å²) in [7, 11) is 0. The van der Waals surface area contributed by atoms with Crippen molar-refractivity contribution in [2.45, 2.75) is 40.2 Å². The van der Waals surface area contributed by atoms with E-state index in [9.17, 15) is 14.4 Å². The van der Waals surface area contributed by atoms with Gasteiger partial charge in [0.25, 0.3) is 11.8 Å². The molecule has 208 valence electrons. The lowest BCUT2D eigenvalue weighted by Gasteiger charge is -2.25. The number of amides is 2. The van der Waals surface area contributed by atoms with Gasteiger partial charge in [0.2, 0.25) is 0 Å². The number of rotatable bonds is 13. The number of carbonyl (C=O) groups is 3. The maximum atomic E-state index is 13.5. The van der Waals surface area contributed by atoms with Crippen LogP contribution >= 0.6 is 24.0 Å². The van der Waals surface area contributed by atoms with Crippen LogP contribution in [0.3, 0.4) is 0 Å². The number of benzene rings is 2. The molecule has 0 radical (unpaired) electrons. The van der Waals surface area contributed by atoms with Crippen LogP contribution in [0.2, 0.25) is 0 Å². The van der Waals surface area contributed by atoms with Gasteiger partial charge in [0, 0.05) is 13.1 Å². The second-order valence-corrected chi connectivity index (χ2v) is 10.2. The maximum Gasteiger partial charge on any atom is 0.333 e. The molecule has 39 heavy (non-hydrogen) atoms. The van der Waals surface area contributed by atoms with Gasteiger partial charge >= 0.3 is 5.97 Å². The molecule has 0 aliphatic carbocycles. The van der Waals surface area contributed by atoms with E-state index in [-0.39, 0.29) is 29.3 Å². The number of carbonyl (C=O) groups excluding carboxylic acids is 3. The predicted molar refractivity (Wildman–Crippen MR) is 156 cm³/mol. The van der Waals surface area contributed by atoms with Gasteiger partial charge in [0.1, 0.15) is 4.32 Å². The quantitative estimate of drug-likeness (QED) is 0.184. The van der Waals surface area contributed by atoms with Crippen molar-refractivity contribution in [2.24, 2.45) is 0 Å². The summed E-state index contributed by atoms with van der Waals surface area (Å²) < 4.78 is 17.2. The van der Waals surface area contributed by atoms with E-state index < -0.39 is 12.0 Å². The third-order valence-electron chi connectivity index (χ3n) is 5.90. The van der Waals surface area contributed by atoms with Crippen molar-refractivity contribution in [3.05, 3.63) is 64.6 Å². The molecule has 1 aliphatic rings. The fourth-order valence-corrected chi connectivity index (χ4v) is 5.28. The van der Waals surface area contributed by atoms with Crippen LogP contribution in [0.5, 0.6) is 11.5 Å². The molecule has 2 aromatic rings. The maximum absolute atomic E-state index is 13.5. The zero-order valence-corrected chi connectivity index (χ0v) is 24.3. The van der Waals surface area contributed by atoms with Crippen molar-refractivity contribution < 1.29 is 28.6 Å². The highest BCUT2D eigenvalue weighted by molar-refractivity contribution is 8.26. The van der Waals surface area contributed by atoms with Gasteiger partial charge in [0.05, 0.1) is 18.1 Å². The third-order valence-corrected chi connectivity index (χ3v) is 7.23. The summed E-state index contributed by atoms with van der Waals surface area (Å²) in [5.74, 6) is -0.125. The Labute approximate surface area is 239 Å². The molecule has 1 heterocycles. The van der Waals surface area contributed by atoms with E-state index >= 15 is 0 Å². The zero-order valence-electron chi connectivity index (χ0n) is 22.7. The first-order chi connectivity index (χ1) is 18.8. The molecule has 0 bridgehead atoms. The molecule has 0 spiro atoms. The highest BCUT2D eigenvalue weighted by atomic mass is 32.2. The summed E-state index contributed by atoms with van der Waals surface area (Å²) in [5, 5.41) is 0. The normalized spacial score (nSPS) is 14.9. The molecule has 2 amide bonds. The summed E-state index contributed by atoms with van der Waals surface area (Å²) in [4.78, 5) is 42.3. The van der Waals surface area contributed by atoms with Gasteiger partial charge in [-0.2, -0.15) is 0 Å². The first-order valence-corrected chi connectivity index (χ1v) is 14.2. The average Bonchev–Trinajstić information content (AvgIpc) is 3.20. The summed E-state index contributed by atoms with van der Waals surface area (Å²) in [6.07, 6.45) is 2.36. The van der Waals surface area contributed by atoms with Crippen LogP contribution in [-0.2, 0) is 19.1 Å². The Hall–Kier alpha value is -3.37. The second kappa shape index (κ2) is 14.7. The van der Waals surface area contributed by atoms with Gasteiger partial charge in [-0.15, -0.1) is 0 Å². The molecule has 1 saturated heterocycles. The number of likely N-dealkylation sites (N-methyl/N-ethyl adjacent to an activating group) is 1. The lowest BCUT2D eigenvalue weighted by atomic mass is 10.1. The van der Waals surface area contributed by atoms with E-state index in [2.05, 4.69) is 0 Å². The number of hydrogen-bond donors (Lipinski definition) is 0. The summed E-state index contributed by atoms with van der Waals surface area (Å²) >= 11 is 6.67. The lowest BCUT2D eigenvalue weighted by Crippen LogP contribution is -2.38. The predicted octanol–water partition coefficient (Wildman–Crippen LogP) is 5.23. The van der Waals surface area contributed by atoms with Crippen LogP contribution in [0, 0.1) is 0 Å². The molecule has 1 fully saturated rings. The van der Waals surface area contributed by atoms with Crippen molar-refractivity contribution in [3.8, 4) is 11.5 Å². The van der Waals surface area contributed by atoms with E-state index in [0.29, 0.717) is 53.6 Å². The zero-order chi connectivity index (χ0) is 28.4. The number of nitrogens with zero attached hydrogens (tertiary/aromatic N) is 2. The minimum atomic E-state index is -0.978. The minimum absolute atomic E-state index is 0.102. The Balaban J connectivity index is 1.86. The Bertz CT molecular complexity index is 1210. The minimum Gasteiger partial charge on any atom is -0.490 e. The van der Waals surface area contributed by atoms with Crippen LogP contribution in [-0.4, -0.2) is 64.8 Å². The highest BCUT2D eigenvalue weighted by Gasteiger charge is 2.42. The van der Waals surface area contributed by atoms with Crippen LogP contribution in [0.25, 0.3) is 6.08 Å². The molecule has 1 aliphatic heterocycles. The highest BCUT2D eigenvalue weighted by Crippen LogP contribution is 2.39. The largest absolute Gasteiger partial charge is 0.490 e. The number of esters is 1. The van der Waals surface area contributed by atoms with Crippen LogP contribution in [0.1, 0.15) is 51.3 Å². The monoisotopic (exact) mass is 570 g/mol. The number of ether oxygens (including phenoxy) is 3. The van der Waals surface area contributed by atoms with Crippen LogP contribution < -0.4 is 9.47 Å². The molecular weight excluding hydrogens is 536 g/mol. The van der Waals surface area contributed by atoms with Crippen LogP contribution in [0.4, 0.5) is 0 Å². The van der Waals surface area contributed by atoms with E-state index in [0.717, 1.165) is 11.8 Å². The van der Waals surface area contributed by atoms with Gasteiger partial charge < -0.3 is 19.1 Å². The molecule has 0 saturated carbocycles. The number of thiocarbonyl (C=S) groups is 1. The molecule has 0 aromatic heterocycles. The fraction of sp³-hybridized carbons (Fsp3) is 0.379. The van der Waals surface area contributed by atoms with Gasteiger partial charge in [-0.05, 0) is 56.5 Å². The standard InChI is InChI=1S/C29H34N2O6S2/c1-5-16-36-28(34)26(21-12-10-9-11-13-21)31-27(33)24(39-29(31)38)18-20-14-15-22(23(17-20)35-8-4)37-19-25(32)30(6-2)7-3/h9-15,17-18,26H,5-8,16,19H2,1-4H3/b24-18+. The third kappa shape index (κ3) is 7.60. The van der Waals surface area contributed by atoms with Crippen molar-refractivity contribution in [1.29, 1.82) is 0 Å². The summed E-state index contributed by atoms with van der Waals surface area (Å²) in [6, 6.07) is 13.3. The Morgan fingerprint density at radius 3 is 2.38 bits per heavy atom. The molecule has 2 aromatic carbocycles.